The van der Waals surface area contributed by atoms with Crippen LogP contribution in [0.3, 0.4) is 0 Å². The lowest BCUT2D eigenvalue weighted by molar-refractivity contribution is 0.233. The number of hydrogen-bond donors (Lipinski definition) is 0. The Hall–Kier alpha value is -2.66. The van der Waals surface area contributed by atoms with E-state index in [1.165, 1.54) is 5.56 Å². The van der Waals surface area contributed by atoms with Crippen LogP contribution in [0.5, 0.6) is 5.75 Å². The van der Waals surface area contributed by atoms with Gasteiger partial charge in [-0.25, -0.2) is 0 Å². The highest BCUT2D eigenvalue weighted by atomic mass is 16.5. The van der Waals surface area contributed by atoms with Crippen LogP contribution in [-0.4, -0.2) is 41.3 Å². The average molecular weight is 349 g/mol. The number of aryl methyl sites for hydroxylation is 1. The van der Waals surface area contributed by atoms with Gasteiger partial charge in [0.1, 0.15) is 12.4 Å². The highest BCUT2D eigenvalue weighted by molar-refractivity contribution is 5.53. The second kappa shape index (κ2) is 7.70. The Morgan fingerprint density at radius 2 is 1.92 bits per heavy atom. The Labute approximate surface area is 153 Å². The predicted molar refractivity (Wildman–Crippen MR) is 100 cm³/mol. The Morgan fingerprint density at radius 3 is 2.73 bits per heavy atom. The van der Waals surface area contributed by atoms with Gasteiger partial charge < -0.3 is 9.26 Å². The molecule has 3 aromatic rings. The molecule has 0 N–H and O–H groups in total. The van der Waals surface area contributed by atoms with Gasteiger partial charge in [0.05, 0.1) is 5.92 Å². The summed E-state index contributed by atoms with van der Waals surface area (Å²) in [7, 11) is 0. The third-order valence-corrected chi connectivity index (χ3v) is 4.79. The van der Waals surface area contributed by atoms with Crippen molar-refractivity contribution in [3.63, 3.8) is 0 Å². The molecule has 0 unspecified atom stereocenters. The number of nitrogens with zero attached hydrogens (tertiary/aromatic N) is 3. The van der Waals surface area contributed by atoms with Gasteiger partial charge >= 0.3 is 0 Å². The maximum absolute atomic E-state index is 5.83. The average Bonchev–Trinajstić information content (AvgIpc) is 3.33. The summed E-state index contributed by atoms with van der Waals surface area (Å²) < 4.78 is 11.4. The van der Waals surface area contributed by atoms with Crippen molar-refractivity contribution in [3.05, 3.63) is 66.1 Å². The predicted octanol–water partition coefficient (Wildman–Crippen LogP) is 3.91. The molecule has 134 valence electrons. The lowest BCUT2D eigenvalue weighted by Crippen LogP contribution is -2.26. The van der Waals surface area contributed by atoms with Crippen LogP contribution in [0.4, 0.5) is 0 Å². The van der Waals surface area contributed by atoms with Crippen molar-refractivity contribution >= 4 is 0 Å². The van der Waals surface area contributed by atoms with Crippen LogP contribution in [0.2, 0.25) is 0 Å². The maximum Gasteiger partial charge on any atom is 0.231 e. The minimum absolute atomic E-state index is 0.305. The van der Waals surface area contributed by atoms with Gasteiger partial charge in [0.15, 0.2) is 0 Å². The van der Waals surface area contributed by atoms with Crippen molar-refractivity contribution in [2.75, 3.05) is 26.2 Å². The Bertz CT molecular complexity index is 830. The van der Waals surface area contributed by atoms with Crippen LogP contribution < -0.4 is 4.74 Å². The van der Waals surface area contributed by atoms with Gasteiger partial charge in [0.2, 0.25) is 11.7 Å². The molecule has 0 aliphatic carbocycles. The van der Waals surface area contributed by atoms with Crippen LogP contribution in [0.25, 0.3) is 11.4 Å². The summed E-state index contributed by atoms with van der Waals surface area (Å²) in [6, 6.07) is 18.1. The number of rotatable bonds is 6. The fourth-order valence-corrected chi connectivity index (χ4v) is 3.27. The third kappa shape index (κ3) is 3.94. The molecule has 1 fully saturated rings. The van der Waals surface area contributed by atoms with E-state index in [0.29, 0.717) is 18.3 Å². The van der Waals surface area contributed by atoms with Crippen molar-refractivity contribution < 1.29 is 9.26 Å². The third-order valence-electron chi connectivity index (χ3n) is 4.79. The Kier molecular flexibility index (Phi) is 4.97. The van der Waals surface area contributed by atoms with Gasteiger partial charge in [0, 0.05) is 18.7 Å². The Morgan fingerprint density at radius 1 is 1.12 bits per heavy atom. The van der Waals surface area contributed by atoms with E-state index in [1.807, 2.05) is 42.5 Å². The fraction of sp³-hybridized carbons (Fsp3) is 0.333. The molecule has 0 radical (unpaired) electrons. The molecule has 4 rings (SSSR count). The summed E-state index contributed by atoms with van der Waals surface area (Å²) in [6.07, 6.45) is 1.04. The van der Waals surface area contributed by atoms with E-state index in [0.717, 1.165) is 43.3 Å². The van der Waals surface area contributed by atoms with Gasteiger partial charge in [-0.2, -0.15) is 4.98 Å². The van der Waals surface area contributed by atoms with Crippen molar-refractivity contribution in [1.82, 2.24) is 15.0 Å². The highest BCUT2D eigenvalue weighted by Gasteiger charge is 2.28. The monoisotopic (exact) mass is 349 g/mol. The molecule has 26 heavy (non-hydrogen) atoms. The summed E-state index contributed by atoms with van der Waals surface area (Å²) in [5, 5.41) is 4.14. The molecule has 1 aliphatic rings. The molecule has 1 atom stereocenters. The molecule has 1 aliphatic heterocycles. The number of likely N-dealkylation sites (tertiary alicyclic amines) is 1. The standard InChI is InChI=1S/C21H23N3O2/c1-16-7-9-19(10-8-16)25-14-13-24-12-11-18(15-24)21-22-20(23-26-21)17-5-3-2-4-6-17/h2-10,18H,11-15H2,1H3/t18-/m0/s1. The minimum atomic E-state index is 0.305. The second-order valence-electron chi connectivity index (χ2n) is 6.77. The van der Waals surface area contributed by atoms with Gasteiger partial charge in [-0.15, -0.1) is 0 Å². The summed E-state index contributed by atoms with van der Waals surface area (Å²) in [4.78, 5) is 6.99. The summed E-state index contributed by atoms with van der Waals surface area (Å²) in [5.74, 6) is 2.64. The zero-order chi connectivity index (χ0) is 17.8. The fourth-order valence-electron chi connectivity index (χ4n) is 3.27. The number of ether oxygens (including phenoxy) is 1. The quantitative estimate of drug-likeness (QED) is 0.675. The van der Waals surface area contributed by atoms with Gasteiger partial charge in [0.25, 0.3) is 0 Å². The molecule has 0 amide bonds. The molecule has 2 aromatic carbocycles. The van der Waals surface area contributed by atoms with Crippen molar-refractivity contribution in [2.45, 2.75) is 19.3 Å². The maximum atomic E-state index is 5.83. The van der Waals surface area contributed by atoms with Gasteiger partial charge in [-0.1, -0.05) is 53.2 Å². The number of hydrogen-bond acceptors (Lipinski definition) is 5. The summed E-state index contributed by atoms with van der Waals surface area (Å²) >= 11 is 0. The number of aromatic nitrogens is 2. The van der Waals surface area contributed by atoms with Crippen molar-refractivity contribution in [3.8, 4) is 17.1 Å². The van der Waals surface area contributed by atoms with E-state index in [9.17, 15) is 0 Å². The van der Waals surface area contributed by atoms with E-state index in [2.05, 4.69) is 34.1 Å². The van der Waals surface area contributed by atoms with Gasteiger partial charge in [-0.05, 0) is 32.0 Å². The van der Waals surface area contributed by atoms with Crippen molar-refractivity contribution in [2.24, 2.45) is 0 Å². The highest BCUT2D eigenvalue weighted by Crippen LogP contribution is 2.27. The molecule has 1 saturated heterocycles. The van der Waals surface area contributed by atoms with Crippen LogP contribution in [0, 0.1) is 6.92 Å². The van der Waals surface area contributed by atoms with E-state index >= 15 is 0 Å². The molecule has 0 spiro atoms. The molecule has 1 aromatic heterocycles. The summed E-state index contributed by atoms with van der Waals surface area (Å²) in [6.45, 7) is 5.65. The second-order valence-corrected chi connectivity index (χ2v) is 6.77. The SMILES string of the molecule is Cc1ccc(OCCN2CC[C@H](c3nc(-c4ccccc4)no3)C2)cc1. The first-order valence-electron chi connectivity index (χ1n) is 9.09. The first kappa shape index (κ1) is 16.8. The lowest BCUT2D eigenvalue weighted by atomic mass is 10.1. The normalized spacial score (nSPS) is 17.5. The first-order chi connectivity index (χ1) is 12.8. The smallest absolute Gasteiger partial charge is 0.231 e. The topological polar surface area (TPSA) is 51.4 Å². The van der Waals surface area contributed by atoms with E-state index in [-0.39, 0.29) is 0 Å². The molecule has 0 bridgehead atoms. The molecule has 0 saturated carbocycles. The molecule has 2 heterocycles. The van der Waals surface area contributed by atoms with Crippen LogP contribution in [-0.2, 0) is 0 Å². The Balaban J connectivity index is 1.28. The van der Waals surface area contributed by atoms with E-state index in [1.54, 1.807) is 0 Å². The number of benzene rings is 2. The van der Waals surface area contributed by atoms with Gasteiger partial charge in [-0.3, -0.25) is 4.90 Å². The zero-order valence-corrected chi connectivity index (χ0v) is 15.0. The first-order valence-corrected chi connectivity index (χ1v) is 9.09. The zero-order valence-electron chi connectivity index (χ0n) is 15.0. The van der Waals surface area contributed by atoms with Crippen LogP contribution >= 0.6 is 0 Å². The van der Waals surface area contributed by atoms with E-state index in [4.69, 9.17) is 9.26 Å². The minimum Gasteiger partial charge on any atom is -0.492 e. The summed E-state index contributed by atoms with van der Waals surface area (Å²) in [5.41, 5.74) is 2.23. The molecule has 5 nitrogen and oxygen atoms in total. The molecule has 5 heteroatoms. The van der Waals surface area contributed by atoms with E-state index < -0.39 is 0 Å². The van der Waals surface area contributed by atoms with Crippen LogP contribution in [0.1, 0.15) is 23.8 Å². The lowest BCUT2D eigenvalue weighted by Gasteiger charge is -2.15. The van der Waals surface area contributed by atoms with Crippen LogP contribution in [0.15, 0.2) is 59.1 Å². The largest absolute Gasteiger partial charge is 0.492 e. The van der Waals surface area contributed by atoms with Crippen molar-refractivity contribution in [1.29, 1.82) is 0 Å². The molecular weight excluding hydrogens is 326 g/mol. The molecular formula is C21H23N3O2.